The maximum atomic E-state index is 12.8. The van der Waals surface area contributed by atoms with Gasteiger partial charge in [-0.2, -0.15) is 0 Å². The molecule has 1 aromatic carbocycles. The van der Waals surface area contributed by atoms with Gasteiger partial charge in [0.15, 0.2) is 0 Å². The van der Waals surface area contributed by atoms with Gasteiger partial charge in [-0.3, -0.25) is 0 Å². The van der Waals surface area contributed by atoms with Crippen molar-refractivity contribution in [2.75, 3.05) is 6.54 Å². The van der Waals surface area contributed by atoms with Crippen LogP contribution in [0.5, 0.6) is 0 Å². The first-order chi connectivity index (χ1) is 14.6. The average Bonchev–Trinajstić information content (AvgIpc) is 2.94. The Morgan fingerprint density at radius 1 is 0.667 bits per heavy atom. The highest BCUT2D eigenvalue weighted by Crippen LogP contribution is 2.32. The second-order valence-electron chi connectivity index (χ2n) is 10.0. The number of amides is 1. The van der Waals surface area contributed by atoms with Crippen LogP contribution in [-0.2, 0) is 10.2 Å². The maximum Gasteiger partial charge on any atom is 0.327 e. The molecule has 1 heterocycles. The molecule has 0 saturated heterocycles. The van der Waals surface area contributed by atoms with Gasteiger partial charge >= 0.3 is 5.91 Å². The highest BCUT2D eigenvalue weighted by molar-refractivity contribution is 5.87. The first kappa shape index (κ1) is 25.1. The third-order valence-corrected chi connectivity index (χ3v) is 7.05. The van der Waals surface area contributed by atoms with Gasteiger partial charge in [0.1, 0.15) is 11.1 Å². The number of fused-ring (bicyclic) bond motifs is 1. The second kappa shape index (κ2) is 14.0. The lowest BCUT2D eigenvalue weighted by Gasteiger charge is -2.14. The van der Waals surface area contributed by atoms with Gasteiger partial charge in [0.05, 0.1) is 6.54 Å². The van der Waals surface area contributed by atoms with Crippen LogP contribution in [0, 0.1) is 0 Å². The Balaban J connectivity index is 1.43. The summed E-state index contributed by atoms with van der Waals surface area (Å²) in [6.07, 6.45) is 22.2. The van der Waals surface area contributed by atoms with Crippen LogP contribution < -0.4 is 4.90 Å². The largest absolute Gasteiger partial charge is 0.327 e. The molecule has 0 saturated carbocycles. The van der Waals surface area contributed by atoms with Crippen molar-refractivity contribution in [2.24, 2.45) is 0 Å². The number of hydrogen-bond donors (Lipinski definition) is 1. The summed E-state index contributed by atoms with van der Waals surface area (Å²) in [5, 5.41) is 0. The molecule has 1 aromatic rings. The number of para-hydroxylation sites is 1. The van der Waals surface area contributed by atoms with Crippen LogP contribution >= 0.6 is 0 Å². The first-order valence-electron chi connectivity index (χ1n) is 13.1. The topological polar surface area (TPSA) is 21.5 Å². The van der Waals surface area contributed by atoms with Crippen LogP contribution in [0.3, 0.4) is 0 Å². The zero-order valence-electron chi connectivity index (χ0n) is 20.2. The standard InChI is InChI=1S/C28H47NO/c1-4-5-6-7-8-9-10-11-12-13-14-15-16-17-18-21-24-29-26-23-20-19-22-25(26)28(2,3)27(29)30/h19-20,22-23H,4-18,21,24H2,1-3H3/p+1. The molecular formula is C28H48NO+. The van der Waals surface area contributed by atoms with Gasteiger partial charge in [-0.05, 0) is 32.8 Å². The number of rotatable bonds is 17. The zero-order valence-corrected chi connectivity index (χ0v) is 20.2. The minimum absolute atomic E-state index is 0.332. The summed E-state index contributed by atoms with van der Waals surface area (Å²) in [7, 11) is 0. The molecule has 0 aliphatic carbocycles. The molecule has 170 valence electrons. The van der Waals surface area contributed by atoms with E-state index in [1.54, 1.807) is 0 Å². The molecule has 1 aliphatic rings. The first-order valence-corrected chi connectivity index (χ1v) is 13.1. The predicted molar refractivity (Wildman–Crippen MR) is 130 cm³/mol. The van der Waals surface area contributed by atoms with E-state index in [1.165, 1.54) is 108 Å². The van der Waals surface area contributed by atoms with E-state index in [1.807, 2.05) is 0 Å². The summed E-state index contributed by atoms with van der Waals surface area (Å²) in [5.74, 6) is 0.352. The monoisotopic (exact) mass is 414 g/mol. The van der Waals surface area contributed by atoms with E-state index in [4.69, 9.17) is 0 Å². The minimum Gasteiger partial charge on any atom is -0.239 e. The Morgan fingerprint density at radius 2 is 1.10 bits per heavy atom. The lowest BCUT2D eigenvalue weighted by atomic mass is 9.86. The summed E-state index contributed by atoms with van der Waals surface area (Å²) in [4.78, 5) is 13.9. The van der Waals surface area contributed by atoms with Crippen molar-refractivity contribution in [1.29, 1.82) is 0 Å². The number of quaternary nitrogens is 1. The molecule has 1 aliphatic heterocycles. The van der Waals surface area contributed by atoms with Gasteiger partial charge in [0.2, 0.25) is 0 Å². The number of benzene rings is 1. The molecule has 0 aromatic heterocycles. The predicted octanol–water partition coefficient (Wildman–Crippen LogP) is 7.28. The molecule has 2 nitrogen and oxygen atoms in total. The average molecular weight is 415 g/mol. The summed E-state index contributed by atoms with van der Waals surface area (Å²) >= 11 is 0. The minimum atomic E-state index is -0.332. The summed E-state index contributed by atoms with van der Waals surface area (Å²) in [5.41, 5.74) is 2.11. The molecule has 30 heavy (non-hydrogen) atoms. The van der Waals surface area contributed by atoms with Gasteiger partial charge < -0.3 is 0 Å². The van der Waals surface area contributed by atoms with E-state index in [0.29, 0.717) is 5.91 Å². The van der Waals surface area contributed by atoms with Crippen molar-refractivity contribution in [1.82, 2.24) is 0 Å². The molecule has 2 heteroatoms. The lowest BCUT2D eigenvalue weighted by molar-refractivity contribution is -0.746. The fourth-order valence-electron chi connectivity index (χ4n) is 5.01. The van der Waals surface area contributed by atoms with E-state index < -0.39 is 0 Å². The van der Waals surface area contributed by atoms with Crippen LogP contribution in [0.4, 0.5) is 5.69 Å². The van der Waals surface area contributed by atoms with Crippen LogP contribution in [0.2, 0.25) is 0 Å². The molecule has 0 bridgehead atoms. The number of carbonyl (C=O) groups excluding carboxylic acids is 1. The molecule has 0 fully saturated rings. The third kappa shape index (κ3) is 7.84. The summed E-state index contributed by atoms with van der Waals surface area (Å²) < 4.78 is 0. The molecule has 2 rings (SSSR count). The van der Waals surface area contributed by atoms with Crippen molar-refractivity contribution in [2.45, 2.75) is 129 Å². The van der Waals surface area contributed by atoms with E-state index in [-0.39, 0.29) is 5.41 Å². The molecule has 1 amide bonds. The van der Waals surface area contributed by atoms with Crippen LogP contribution in [-0.4, -0.2) is 12.5 Å². The fourth-order valence-corrected chi connectivity index (χ4v) is 5.01. The molecule has 1 N–H and O–H groups in total. The quantitative estimate of drug-likeness (QED) is 0.266. The number of unbranched alkanes of at least 4 members (excludes halogenated alkanes) is 15. The van der Waals surface area contributed by atoms with Crippen molar-refractivity contribution in [3.63, 3.8) is 0 Å². The number of carbonyl (C=O) groups is 1. The van der Waals surface area contributed by atoms with Gasteiger partial charge in [0, 0.05) is 5.56 Å². The molecule has 0 spiro atoms. The summed E-state index contributed by atoms with van der Waals surface area (Å²) in [6.45, 7) is 7.40. The lowest BCUT2D eigenvalue weighted by Crippen LogP contribution is -3.09. The molecular weight excluding hydrogens is 366 g/mol. The Morgan fingerprint density at radius 3 is 1.60 bits per heavy atom. The highest BCUT2D eigenvalue weighted by Gasteiger charge is 2.48. The smallest absolute Gasteiger partial charge is 0.239 e. The molecule has 0 radical (unpaired) electrons. The van der Waals surface area contributed by atoms with Crippen LogP contribution in [0.15, 0.2) is 24.3 Å². The van der Waals surface area contributed by atoms with Crippen molar-refractivity contribution in [3.8, 4) is 0 Å². The normalized spacial score (nSPS) is 17.4. The Labute approximate surface area is 186 Å². The Hall–Kier alpha value is -1.15. The molecule has 1 atom stereocenters. The fraction of sp³-hybridized carbons (Fsp3) is 0.750. The number of nitrogens with one attached hydrogen (secondary N) is 1. The molecule has 1 unspecified atom stereocenters. The van der Waals surface area contributed by atoms with Crippen molar-refractivity contribution in [3.05, 3.63) is 29.8 Å². The van der Waals surface area contributed by atoms with Gasteiger partial charge in [0.25, 0.3) is 0 Å². The zero-order chi connectivity index (χ0) is 21.7. The second-order valence-corrected chi connectivity index (χ2v) is 10.0. The Kier molecular flexibility index (Phi) is 11.7. The van der Waals surface area contributed by atoms with E-state index in [9.17, 15) is 4.79 Å². The van der Waals surface area contributed by atoms with Crippen LogP contribution in [0.1, 0.15) is 129 Å². The maximum absolute atomic E-state index is 12.8. The van der Waals surface area contributed by atoms with E-state index in [2.05, 4.69) is 45.0 Å². The van der Waals surface area contributed by atoms with Crippen molar-refractivity contribution < 1.29 is 9.69 Å². The number of hydrogen-bond acceptors (Lipinski definition) is 1. The van der Waals surface area contributed by atoms with Crippen LogP contribution in [0.25, 0.3) is 0 Å². The van der Waals surface area contributed by atoms with Gasteiger partial charge in [-0.1, -0.05) is 115 Å². The van der Waals surface area contributed by atoms with E-state index >= 15 is 0 Å². The highest BCUT2D eigenvalue weighted by atomic mass is 16.2. The summed E-state index contributed by atoms with van der Waals surface area (Å²) in [6, 6.07) is 8.41. The third-order valence-electron chi connectivity index (χ3n) is 7.05. The SMILES string of the molecule is CCCCCCCCCCCCCCCCCC[NH+]1C(=O)C(C)(C)c2ccccc21. The van der Waals surface area contributed by atoms with E-state index in [0.717, 1.165) is 17.9 Å². The Bertz CT molecular complexity index is 606. The van der Waals surface area contributed by atoms with Crippen molar-refractivity contribution >= 4 is 11.6 Å². The van der Waals surface area contributed by atoms with Gasteiger partial charge in [-0.25, -0.2) is 9.69 Å². The van der Waals surface area contributed by atoms with Gasteiger partial charge in [-0.15, -0.1) is 0 Å².